The molecule has 0 unspecified atom stereocenters. The molecule has 0 fully saturated rings. The Morgan fingerprint density at radius 3 is 2.47 bits per heavy atom. The molecule has 0 saturated heterocycles. The van der Waals surface area contributed by atoms with Crippen molar-refractivity contribution in [2.45, 2.75) is 6.18 Å². The molecule has 0 aliphatic heterocycles. The van der Waals surface area contributed by atoms with Crippen molar-refractivity contribution in [2.24, 2.45) is 0 Å². The number of carbonyl (C=O) groups excluding carboxylic acids is 1. The van der Waals surface area contributed by atoms with Crippen LogP contribution in [0.5, 0.6) is 0 Å². The van der Waals surface area contributed by atoms with Gasteiger partial charge in [0.1, 0.15) is 5.69 Å². The number of ketones is 1. The quantitative estimate of drug-likeness (QED) is 0.776. The van der Waals surface area contributed by atoms with Gasteiger partial charge in [-0.05, 0) is 30.3 Å². The highest BCUT2D eigenvalue weighted by molar-refractivity contribution is 9.10. The minimum atomic E-state index is -4.50. The first kappa shape index (κ1) is 13.7. The molecule has 0 spiro atoms. The van der Waals surface area contributed by atoms with E-state index in [2.05, 4.69) is 20.9 Å². The average molecular weight is 330 g/mol. The third kappa shape index (κ3) is 3.20. The fourth-order valence-corrected chi connectivity index (χ4v) is 2.02. The Balaban J connectivity index is 2.46. The Kier molecular flexibility index (Phi) is 3.71. The van der Waals surface area contributed by atoms with Crippen LogP contribution < -0.4 is 0 Å². The molecule has 1 heterocycles. The summed E-state index contributed by atoms with van der Waals surface area (Å²) in [6.45, 7) is 0. The molecule has 0 aliphatic rings. The first-order chi connectivity index (χ1) is 8.88. The van der Waals surface area contributed by atoms with E-state index >= 15 is 0 Å². The summed E-state index contributed by atoms with van der Waals surface area (Å²) in [5, 5.41) is 0. The molecule has 0 N–H and O–H groups in total. The number of benzene rings is 1. The van der Waals surface area contributed by atoms with E-state index in [1.54, 1.807) is 12.1 Å². The number of alkyl halides is 3. The standard InChI is InChI=1S/C13H7BrF3NO/c14-10-6-8(5-9(7-10)13(15,16)17)12(19)11-3-1-2-4-18-11/h1-7H. The van der Waals surface area contributed by atoms with Crippen LogP contribution >= 0.6 is 15.9 Å². The van der Waals surface area contributed by atoms with Crippen LogP contribution in [0, 0.1) is 0 Å². The number of rotatable bonds is 2. The van der Waals surface area contributed by atoms with Gasteiger partial charge in [-0.3, -0.25) is 9.78 Å². The van der Waals surface area contributed by atoms with Crippen molar-refractivity contribution in [3.63, 3.8) is 0 Å². The maximum Gasteiger partial charge on any atom is 0.416 e. The number of pyridine rings is 1. The number of aromatic nitrogens is 1. The van der Waals surface area contributed by atoms with Gasteiger partial charge >= 0.3 is 6.18 Å². The van der Waals surface area contributed by atoms with Gasteiger partial charge in [-0.1, -0.05) is 22.0 Å². The summed E-state index contributed by atoms with van der Waals surface area (Å²) in [5.41, 5.74) is -0.824. The van der Waals surface area contributed by atoms with Gasteiger partial charge in [0.05, 0.1) is 5.56 Å². The summed E-state index contributed by atoms with van der Waals surface area (Å²) in [6, 6.07) is 7.77. The van der Waals surface area contributed by atoms with Gasteiger partial charge in [-0.25, -0.2) is 0 Å². The lowest BCUT2D eigenvalue weighted by Crippen LogP contribution is -2.09. The van der Waals surface area contributed by atoms with Crippen molar-refractivity contribution < 1.29 is 18.0 Å². The minimum absolute atomic E-state index is 0.0552. The number of nitrogens with zero attached hydrogens (tertiary/aromatic N) is 1. The predicted molar refractivity (Wildman–Crippen MR) is 66.8 cm³/mol. The Morgan fingerprint density at radius 2 is 1.89 bits per heavy atom. The van der Waals surface area contributed by atoms with Gasteiger partial charge in [-0.2, -0.15) is 13.2 Å². The summed E-state index contributed by atoms with van der Waals surface area (Å²) in [6.07, 6.45) is -3.08. The van der Waals surface area contributed by atoms with Gasteiger partial charge in [0, 0.05) is 16.2 Å². The molecule has 98 valence electrons. The van der Waals surface area contributed by atoms with Gasteiger partial charge in [0.25, 0.3) is 0 Å². The number of carbonyl (C=O) groups is 1. The first-order valence-corrected chi connectivity index (χ1v) is 6.01. The van der Waals surface area contributed by atoms with Crippen molar-refractivity contribution in [2.75, 3.05) is 0 Å². The monoisotopic (exact) mass is 329 g/mol. The smallest absolute Gasteiger partial charge is 0.287 e. The van der Waals surface area contributed by atoms with Crippen LogP contribution in [0.1, 0.15) is 21.6 Å². The number of halogens is 4. The fraction of sp³-hybridized carbons (Fsp3) is 0.0769. The van der Waals surface area contributed by atoms with Crippen molar-refractivity contribution >= 4 is 21.7 Å². The van der Waals surface area contributed by atoms with Crippen LogP contribution in [0.3, 0.4) is 0 Å². The van der Waals surface area contributed by atoms with Crippen molar-refractivity contribution in [3.05, 3.63) is 63.9 Å². The van der Waals surface area contributed by atoms with E-state index in [0.29, 0.717) is 0 Å². The largest absolute Gasteiger partial charge is 0.416 e. The van der Waals surface area contributed by atoms with Crippen molar-refractivity contribution in [1.29, 1.82) is 0 Å². The zero-order valence-electron chi connectivity index (χ0n) is 9.41. The molecule has 2 rings (SSSR count). The van der Waals surface area contributed by atoms with Crippen LogP contribution in [-0.4, -0.2) is 10.8 Å². The van der Waals surface area contributed by atoms with Crippen LogP contribution in [0.15, 0.2) is 47.1 Å². The molecular weight excluding hydrogens is 323 g/mol. The van der Waals surface area contributed by atoms with Crippen LogP contribution in [-0.2, 0) is 6.18 Å². The highest BCUT2D eigenvalue weighted by Crippen LogP contribution is 2.32. The molecule has 0 saturated carbocycles. The van der Waals surface area contributed by atoms with Crippen LogP contribution in [0.4, 0.5) is 13.2 Å². The summed E-state index contributed by atoms with van der Waals surface area (Å²) in [4.78, 5) is 15.9. The first-order valence-electron chi connectivity index (χ1n) is 5.21. The highest BCUT2D eigenvalue weighted by Gasteiger charge is 2.31. The maximum atomic E-state index is 12.7. The van der Waals surface area contributed by atoms with E-state index in [0.717, 1.165) is 12.1 Å². The van der Waals surface area contributed by atoms with E-state index in [-0.39, 0.29) is 15.7 Å². The molecule has 19 heavy (non-hydrogen) atoms. The van der Waals surface area contributed by atoms with E-state index in [9.17, 15) is 18.0 Å². The molecule has 0 amide bonds. The van der Waals surface area contributed by atoms with E-state index < -0.39 is 17.5 Å². The lowest BCUT2D eigenvalue weighted by molar-refractivity contribution is -0.137. The summed E-state index contributed by atoms with van der Waals surface area (Å²) in [5.74, 6) is -0.549. The molecule has 2 aromatic rings. The molecular formula is C13H7BrF3NO. The lowest BCUT2D eigenvalue weighted by atomic mass is 10.0. The van der Waals surface area contributed by atoms with E-state index in [4.69, 9.17) is 0 Å². The molecule has 0 atom stereocenters. The Hall–Kier alpha value is -1.69. The molecule has 0 bridgehead atoms. The van der Waals surface area contributed by atoms with Gasteiger partial charge in [0.2, 0.25) is 5.78 Å². The zero-order chi connectivity index (χ0) is 14.0. The molecule has 1 aromatic carbocycles. The van der Waals surface area contributed by atoms with Gasteiger partial charge in [0.15, 0.2) is 0 Å². The third-order valence-corrected chi connectivity index (χ3v) is 2.84. The second kappa shape index (κ2) is 5.13. The highest BCUT2D eigenvalue weighted by atomic mass is 79.9. The lowest BCUT2D eigenvalue weighted by Gasteiger charge is -2.09. The zero-order valence-corrected chi connectivity index (χ0v) is 11.0. The van der Waals surface area contributed by atoms with Gasteiger partial charge in [-0.15, -0.1) is 0 Å². The Bertz CT molecular complexity index is 611. The molecule has 2 nitrogen and oxygen atoms in total. The fourth-order valence-electron chi connectivity index (χ4n) is 1.53. The minimum Gasteiger partial charge on any atom is -0.287 e. The van der Waals surface area contributed by atoms with Crippen molar-refractivity contribution in [3.8, 4) is 0 Å². The molecule has 0 radical (unpaired) electrons. The third-order valence-electron chi connectivity index (χ3n) is 2.38. The van der Waals surface area contributed by atoms with E-state index in [1.165, 1.54) is 18.3 Å². The molecule has 1 aromatic heterocycles. The van der Waals surface area contributed by atoms with Gasteiger partial charge < -0.3 is 0 Å². The van der Waals surface area contributed by atoms with Crippen LogP contribution in [0.2, 0.25) is 0 Å². The number of hydrogen-bond acceptors (Lipinski definition) is 2. The second-order valence-electron chi connectivity index (χ2n) is 3.77. The summed E-state index contributed by atoms with van der Waals surface area (Å²) < 4.78 is 38.2. The summed E-state index contributed by atoms with van der Waals surface area (Å²) >= 11 is 2.97. The molecule has 6 heteroatoms. The summed E-state index contributed by atoms with van der Waals surface area (Å²) in [7, 11) is 0. The predicted octanol–water partition coefficient (Wildman–Crippen LogP) is 4.09. The molecule has 0 aliphatic carbocycles. The van der Waals surface area contributed by atoms with Crippen LogP contribution in [0.25, 0.3) is 0 Å². The Labute approximate surface area is 115 Å². The maximum absolute atomic E-state index is 12.7. The average Bonchev–Trinajstić information content (AvgIpc) is 2.37. The van der Waals surface area contributed by atoms with E-state index in [1.807, 2.05) is 0 Å². The number of hydrogen-bond donors (Lipinski definition) is 0. The van der Waals surface area contributed by atoms with Crippen molar-refractivity contribution in [1.82, 2.24) is 4.98 Å². The second-order valence-corrected chi connectivity index (χ2v) is 4.69. The topological polar surface area (TPSA) is 30.0 Å². The SMILES string of the molecule is O=C(c1cc(Br)cc(C(F)(F)F)c1)c1ccccn1. The Morgan fingerprint density at radius 1 is 1.16 bits per heavy atom. The normalized spacial score (nSPS) is 11.4.